The van der Waals surface area contributed by atoms with E-state index in [1.807, 2.05) is 0 Å². The monoisotopic (exact) mass is 551 g/mol. The molecule has 0 saturated carbocycles. The van der Waals surface area contributed by atoms with E-state index in [2.05, 4.69) is 15.8 Å². The van der Waals surface area contributed by atoms with Crippen LogP contribution in [-0.4, -0.2) is 36.8 Å². The Morgan fingerprint density at radius 3 is 2.46 bits per heavy atom. The van der Waals surface area contributed by atoms with Crippen LogP contribution >= 0.6 is 34.5 Å². The van der Waals surface area contributed by atoms with Gasteiger partial charge in [-0.25, -0.2) is 4.39 Å². The van der Waals surface area contributed by atoms with E-state index in [0.29, 0.717) is 29.1 Å². The summed E-state index contributed by atoms with van der Waals surface area (Å²) in [5.74, 6) is -1.87. The van der Waals surface area contributed by atoms with Gasteiger partial charge in [-0.3, -0.25) is 9.59 Å². The summed E-state index contributed by atoms with van der Waals surface area (Å²) in [7, 11) is 0. The smallest absolute Gasteiger partial charge is 0.374 e. The second-order valence-electron chi connectivity index (χ2n) is 8.09. The molecule has 1 atom stereocenters. The Kier molecular flexibility index (Phi) is 7.05. The van der Waals surface area contributed by atoms with Gasteiger partial charge in [0.2, 0.25) is 5.91 Å². The number of amides is 2. The van der Waals surface area contributed by atoms with Crippen LogP contribution in [0.25, 0.3) is 0 Å². The van der Waals surface area contributed by atoms with Gasteiger partial charge in [-0.15, -0.1) is 11.3 Å². The fourth-order valence-corrected chi connectivity index (χ4v) is 5.98. The number of alkyl halides is 3. The molecule has 35 heavy (non-hydrogen) atoms. The maximum absolute atomic E-state index is 14.3. The number of rotatable bonds is 6. The summed E-state index contributed by atoms with van der Waals surface area (Å²) in [6.07, 6.45) is -3.77. The van der Waals surface area contributed by atoms with Crippen molar-refractivity contribution >= 4 is 52.1 Å². The maximum Gasteiger partial charge on any atom is 0.435 e. The van der Waals surface area contributed by atoms with Gasteiger partial charge in [-0.1, -0.05) is 28.4 Å². The molecule has 2 aliphatic rings. The number of thiophene rings is 1. The minimum absolute atomic E-state index is 0.0184. The molecular formula is C22H19Cl2F4N3O3S. The molecule has 0 bridgehead atoms. The van der Waals surface area contributed by atoms with E-state index < -0.39 is 45.5 Å². The summed E-state index contributed by atoms with van der Waals surface area (Å²) in [5, 5.41) is 7.73. The third-order valence-corrected chi connectivity index (χ3v) is 7.73. The van der Waals surface area contributed by atoms with Crippen LogP contribution in [0.5, 0.6) is 0 Å². The zero-order chi connectivity index (χ0) is 25.5. The standard InChI is InChI=1S/C22H19Cl2F4N3O3S/c1-2-29-16(32)9-30-20(33)19-12-5-3-4-11(12)18(35-19)15-8-21(34-31-15,22(26,27)28)10-6-13(23)17(25)14(24)7-10/h6-7H,2-5,8-9H2,1H3,(H,29,32)(H,30,33). The highest BCUT2D eigenvalue weighted by Gasteiger charge is 2.63. The summed E-state index contributed by atoms with van der Waals surface area (Å²) in [5.41, 5.74) is -1.90. The lowest BCUT2D eigenvalue weighted by molar-refractivity contribution is -0.275. The second-order valence-corrected chi connectivity index (χ2v) is 9.93. The van der Waals surface area contributed by atoms with E-state index in [1.165, 1.54) is 0 Å². The van der Waals surface area contributed by atoms with E-state index in [4.69, 9.17) is 28.0 Å². The van der Waals surface area contributed by atoms with Crippen LogP contribution in [0.1, 0.15) is 51.0 Å². The Morgan fingerprint density at radius 1 is 1.17 bits per heavy atom. The third kappa shape index (κ3) is 4.61. The van der Waals surface area contributed by atoms with Crippen LogP contribution in [0.15, 0.2) is 17.3 Å². The Labute approximate surface area is 211 Å². The topological polar surface area (TPSA) is 79.8 Å². The first-order valence-corrected chi connectivity index (χ1v) is 12.2. The predicted octanol–water partition coefficient (Wildman–Crippen LogP) is 5.13. The van der Waals surface area contributed by atoms with E-state index >= 15 is 0 Å². The number of likely N-dealkylation sites (N-methyl/N-ethyl adjacent to an activating group) is 1. The molecule has 1 aliphatic carbocycles. The molecule has 0 fully saturated rings. The number of fused-ring (bicyclic) bond motifs is 1. The number of nitrogens with zero attached hydrogens (tertiary/aromatic N) is 1. The van der Waals surface area contributed by atoms with Crippen molar-refractivity contribution in [3.05, 3.63) is 54.4 Å². The molecule has 188 valence electrons. The molecule has 1 aromatic carbocycles. The highest BCUT2D eigenvalue weighted by Crippen LogP contribution is 2.51. The van der Waals surface area contributed by atoms with Crippen LogP contribution in [0.4, 0.5) is 17.6 Å². The Morgan fingerprint density at radius 2 is 1.83 bits per heavy atom. The molecular weight excluding hydrogens is 533 g/mol. The van der Waals surface area contributed by atoms with Crippen LogP contribution in [-0.2, 0) is 28.1 Å². The number of oxime groups is 1. The lowest BCUT2D eigenvalue weighted by atomic mass is 9.87. The van der Waals surface area contributed by atoms with Crippen molar-refractivity contribution < 1.29 is 32.0 Å². The largest absolute Gasteiger partial charge is 0.435 e. The van der Waals surface area contributed by atoms with Gasteiger partial charge in [0.15, 0.2) is 5.82 Å². The summed E-state index contributed by atoms with van der Waals surface area (Å²) >= 11 is 12.5. The van der Waals surface area contributed by atoms with E-state index in [0.717, 1.165) is 41.0 Å². The minimum atomic E-state index is -4.93. The molecule has 0 spiro atoms. The SMILES string of the molecule is CCNC(=O)CNC(=O)c1sc(C2=NOC(c3cc(Cl)c(F)c(Cl)c3)(C(F)(F)F)C2)c2c1CCC2. The minimum Gasteiger partial charge on any atom is -0.374 e. The Bertz CT molecular complexity index is 1210. The van der Waals surface area contributed by atoms with Gasteiger partial charge in [0.1, 0.15) is 5.71 Å². The number of carbonyl (C=O) groups excluding carboxylic acids is 2. The summed E-state index contributed by atoms with van der Waals surface area (Å²) < 4.78 is 56.8. The van der Waals surface area contributed by atoms with Crippen LogP contribution in [0.2, 0.25) is 10.0 Å². The molecule has 2 aromatic rings. The second kappa shape index (κ2) is 9.59. The quantitative estimate of drug-likeness (QED) is 0.385. The molecule has 0 radical (unpaired) electrons. The Hall–Kier alpha value is -2.37. The van der Waals surface area contributed by atoms with Crippen molar-refractivity contribution in [3.8, 4) is 0 Å². The normalized spacial score (nSPS) is 19.2. The van der Waals surface area contributed by atoms with E-state index in [-0.39, 0.29) is 18.2 Å². The van der Waals surface area contributed by atoms with Gasteiger partial charge in [0, 0.05) is 12.1 Å². The van der Waals surface area contributed by atoms with Crippen molar-refractivity contribution in [1.82, 2.24) is 10.6 Å². The average molecular weight is 552 g/mol. The van der Waals surface area contributed by atoms with Crippen molar-refractivity contribution in [2.24, 2.45) is 5.16 Å². The zero-order valence-corrected chi connectivity index (χ0v) is 20.6. The van der Waals surface area contributed by atoms with Gasteiger partial charge in [-0.05, 0) is 49.4 Å². The van der Waals surface area contributed by atoms with Gasteiger partial charge < -0.3 is 15.5 Å². The number of nitrogens with one attached hydrogen (secondary N) is 2. The number of carbonyl (C=O) groups is 2. The highest BCUT2D eigenvalue weighted by atomic mass is 35.5. The molecule has 2 N–H and O–H groups in total. The summed E-state index contributed by atoms with van der Waals surface area (Å²) in [4.78, 5) is 30.2. The van der Waals surface area contributed by atoms with Crippen molar-refractivity contribution in [2.75, 3.05) is 13.1 Å². The molecule has 0 saturated heterocycles. The lowest BCUT2D eigenvalue weighted by Gasteiger charge is -2.29. The molecule has 13 heteroatoms. The highest BCUT2D eigenvalue weighted by molar-refractivity contribution is 7.16. The molecule has 2 heterocycles. The van der Waals surface area contributed by atoms with E-state index in [1.54, 1.807) is 6.92 Å². The van der Waals surface area contributed by atoms with Crippen molar-refractivity contribution in [1.29, 1.82) is 0 Å². The fraction of sp³-hybridized carbons (Fsp3) is 0.409. The van der Waals surface area contributed by atoms with Crippen LogP contribution in [0, 0.1) is 5.82 Å². The van der Waals surface area contributed by atoms with Crippen molar-refractivity contribution in [2.45, 2.75) is 44.4 Å². The number of benzene rings is 1. The van der Waals surface area contributed by atoms with Gasteiger partial charge >= 0.3 is 6.18 Å². The lowest BCUT2D eigenvalue weighted by Crippen LogP contribution is -2.42. The first-order valence-electron chi connectivity index (χ1n) is 10.6. The van der Waals surface area contributed by atoms with Gasteiger partial charge in [0.05, 0.1) is 32.8 Å². The van der Waals surface area contributed by atoms with Crippen LogP contribution in [0.3, 0.4) is 0 Å². The zero-order valence-electron chi connectivity index (χ0n) is 18.2. The first kappa shape index (κ1) is 25.7. The molecule has 6 nitrogen and oxygen atoms in total. The maximum atomic E-state index is 14.3. The van der Waals surface area contributed by atoms with Crippen molar-refractivity contribution in [3.63, 3.8) is 0 Å². The number of halogens is 6. The molecule has 4 rings (SSSR count). The molecule has 1 aliphatic heterocycles. The van der Waals surface area contributed by atoms with Gasteiger partial charge in [-0.2, -0.15) is 13.2 Å². The molecule has 2 amide bonds. The fourth-order valence-electron chi connectivity index (χ4n) is 4.20. The predicted molar refractivity (Wildman–Crippen MR) is 124 cm³/mol. The van der Waals surface area contributed by atoms with E-state index in [9.17, 15) is 27.2 Å². The molecule has 1 aromatic heterocycles. The number of hydrogen-bond donors (Lipinski definition) is 2. The summed E-state index contributed by atoms with van der Waals surface area (Å²) in [6.45, 7) is 1.94. The Balaban J connectivity index is 1.66. The van der Waals surface area contributed by atoms with Gasteiger partial charge in [0.25, 0.3) is 11.5 Å². The molecule has 1 unspecified atom stereocenters. The third-order valence-electron chi connectivity index (χ3n) is 5.86. The average Bonchev–Trinajstić information content (AvgIpc) is 3.50. The first-order chi connectivity index (χ1) is 16.5. The number of hydrogen-bond acceptors (Lipinski definition) is 5. The van der Waals surface area contributed by atoms with Crippen LogP contribution < -0.4 is 10.6 Å². The summed E-state index contributed by atoms with van der Waals surface area (Å²) in [6, 6.07) is 1.65.